The third kappa shape index (κ3) is 5.37. The normalized spacial score (nSPS) is 11.7. The number of halogens is 1. The summed E-state index contributed by atoms with van der Waals surface area (Å²) in [6.07, 6.45) is 3.30. The molecular formula is C22H21BrN2OS. The van der Waals surface area contributed by atoms with Crippen molar-refractivity contribution in [3.8, 4) is 11.3 Å². The standard InChI is InChI=1S/C22H21BrN2OS/c1-22(2,3)17-9-7-16(8-10-17)19-14-27-21(24-19)25-20(26)13-6-15-4-11-18(23)12-5-15/h4-14H,1-3H3,(H,24,25,26). The summed E-state index contributed by atoms with van der Waals surface area (Å²) in [6, 6.07) is 16.2. The van der Waals surface area contributed by atoms with Gasteiger partial charge < -0.3 is 0 Å². The number of thiazole rings is 1. The molecule has 3 rings (SSSR count). The minimum atomic E-state index is -0.193. The molecule has 0 aliphatic heterocycles. The second-order valence-electron chi connectivity index (χ2n) is 7.24. The quantitative estimate of drug-likeness (QED) is 0.468. The highest BCUT2D eigenvalue weighted by Gasteiger charge is 2.13. The third-order valence-corrected chi connectivity index (χ3v) is 5.36. The molecule has 0 atom stereocenters. The molecule has 1 amide bonds. The monoisotopic (exact) mass is 440 g/mol. The van der Waals surface area contributed by atoms with E-state index in [1.165, 1.54) is 23.0 Å². The van der Waals surface area contributed by atoms with E-state index in [0.717, 1.165) is 21.3 Å². The molecule has 1 heterocycles. The van der Waals surface area contributed by atoms with Crippen molar-refractivity contribution in [1.82, 2.24) is 4.98 Å². The van der Waals surface area contributed by atoms with Gasteiger partial charge in [-0.15, -0.1) is 11.3 Å². The first-order chi connectivity index (χ1) is 12.8. The molecule has 0 spiro atoms. The van der Waals surface area contributed by atoms with Crippen LogP contribution in [0.3, 0.4) is 0 Å². The number of benzene rings is 2. The summed E-state index contributed by atoms with van der Waals surface area (Å²) >= 11 is 4.82. The van der Waals surface area contributed by atoms with Gasteiger partial charge in [0.15, 0.2) is 5.13 Å². The second kappa shape index (κ2) is 8.19. The van der Waals surface area contributed by atoms with Crippen molar-refractivity contribution in [3.63, 3.8) is 0 Å². The first-order valence-corrected chi connectivity index (χ1v) is 10.3. The van der Waals surface area contributed by atoms with Gasteiger partial charge in [0, 0.05) is 21.5 Å². The van der Waals surface area contributed by atoms with Crippen LogP contribution >= 0.6 is 27.3 Å². The van der Waals surface area contributed by atoms with Crippen LogP contribution in [-0.4, -0.2) is 10.9 Å². The summed E-state index contributed by atoms with van der Waals surface area (Å²) in [7, 11) is 0. The summed E-state index contributed by atoms with van der Waals surface area (Å²) < 4.78 is 1.01. The van der Waals surface area contributed by atoms with Crippen LogP contribution in [0.25, 0.3) is 17.3 Å². The van der Waals surface area contributed by atoms with Crippen LogP contribution in [-0.2, 0) is 10.2 Å². The molecule has 5 heteroatoms. The first kappa shape index (κ1) is 19.5. The van der Waals surface area contributed by atoms with Crippen molar-refractivity contribution in [2.75, 3.05) is 5.32 Å². The molecule has 27 heavy (non-hydrogen) atoms. The number of carbonyl (C=O) groups excluding carboxylic acids is 1. The Bertz CT molecular complexity index is 951. The van der Waals surface area contributed by atoms with Crippen molar-refractivity contribution < 1.29 is 4.79 Å². The number of hydrogen-bond donors (Lipinski definition) is 1. The topological polar surface area (TPSA) is 42.0 Å². The Hall–Kier alpha value is -2.24. The molecule has 3 aromatic rings. The Morgan fingerprint density at radius 2 is 1.74 bits per heavy atom. The van der Waals surface area contributed by atoms with Crippen molar-refractivity contribution in [2.24, 2.45) is 0 Å². The fourth-order valence-corrected chi connectivity index (χ4v) is 3.48. The van der Waals surface area contributed by atoms with Gasteiger partial charge in [-0.05, 0) is 34.8 Å². The maximum Gasteiger partial charge on any atom is 0.250 e. The summed E-state index contributed by atoms with van der Waals surface area (Å²) in [6.45, 7) is 6.58. The molecule has 1 aromatic heterocycles. The molecule has 1 N–H and O–H groups in total. The number of aromatic nitrogens is 1. The molecule has 0 fully saturated rings. The second-order valence-corrected chi connectivity index (χ2v) is 9.01. The summed E-state index contributed by atoms with van der Waals surface area (Å²) in [5, 5.41) is 5.37. The highest BCUT2D eigenvalue weighted by atomic mass is 79.9. The average molecular weight is 441 g/mol. The SMILES string of the molecule is CC(C)(C)c1ccc(-c2csc(NC(=O)C=Cc3ccc(Br)cc3)n2)cc1. The fourth-order valence-electron chi connectivity index (χ4n) is 2.50. The minimum Gasteiger partial charge on any atom is -0.298 e. The van der Waals surface area contributed by atoms with Gasteiger partial charge in [0.2, 0.25) is 5.91 Å². The molecule has 0 unspecified atom stereocenters. The van der Waals surface area contributed by atoms with Gasteiger partial charge in [-0.1, -0.05) is 73.1 Å². The molecule has 2 aromatic carbocycles. The van der Waals surface area contributed by atoms with Crippen LogP contribution in [0.15, 0.2) is 64.5 Å². The Labute approximate surface area is 172 Å². The smallest absolute Gasteiger partial charge is 0.250 e. The maximum absolute atomic E-state index is 12.1. The van der Waals surface area contributed by atoms with Gasteiger partial charge in [0.1, 0.15) is 0 Å². The lowest BCUT2D eigenvalue weighted by Crippen LogP contribution is -2.10. The molecule has 0 saturated carbocycles. The lowest BCUT2D eigenvalue weighted by atomic mass is 9.86. The number of anilines is 1. The van der Waals surface area contributed by atoms with Gasteiger partial charge >= 0.3 is 0 Å². The highest BCUT2D eigenvalue weighted by Crippen LogP contribution is 2.28. The summed E-state index contributed by atoms with van der Waals surface area (Å²) in [5.74, 6) is -0.193. The molecular weight excluding hydrogens is 420 g/mol. The summed E-state index contributed by atoms with van der Waals surface area (Å²) in [5.41, 5.74) is 4.29. The predicted octanol–water partition coefficient (Wildman–Crippen LogP) is 6.52. The van der Waals surface area contributed by atoms with E-state index in [4.69, 9.17) is 0 Å². The first-order valence-electron chi connectivity index (χ1n) is 8.62. The maximum atomic E-state index is 12.1. The molecule has 3 nitrogen and oxygen atoms in total. The van der Waals surface area contributed by atoms with E-state index >= 15 is 0 Å². The predicted molar refractivity (Wildman–Crippen MR) is 118 cm³/mol. The minimum absolute atomic E-state index is 0.126. The number of rotatable bonds is 4. The molecule has 0 radical (unpaired) electrons. The van der Waals surface area contributed by atoms with E-state index in [0.29, 0.717) is 5.13 Å². The van der Waals surface area contributed by atoms with Crippen LogP contribution in [0, 0.1) is 0 Å². The van der Waals surface area contributed by atoms with Gasteiger partial charge in [0.25, 0.3) is 0 Å². The number of nitrogens with zero attached hydrogens (tertiary/aromatic N) is 1. The van der Waals surface area contributed by atoms with Crippen molar-refractivity contribution in [1.29, 1.82) is 0 Å². The third-order valence-electron chi connectivity index (χ3n) is 4.08. The van der Waals surface area contributed by atoms with E-state index < -0.39 is 0 Å². The van der Waals surface area contributed by atoms with Crippen molar-refractivity contribution in [3.05, 3.63) is 75.6 Å². The van der Waals surface area contributed by atoms with E-state index in [1.807, 2.05) is 29.6 Å². The van der Waals surface area contributed by atoms with Crippen LogP contribution in [0.2, 0.25) is 0 Å². The van der Waals surface area contributed by atoms with Crippen molar-refractivity contribution in [2.45, 2.75) is 26.2 Å². The zero-order valence-corrected chi connectivity index (χ0v) is 17.9. The van der Waals surface area contributed by atoms with E-state index in [-0.39, 0.29) is 11.3 Å². The van der Waals surface area contributed by atoms with E-state index in [2.05, 4.69) is 71.3 Å². The molecule has 0 saturated heterocycles. The number of nitrogens with one attached hydrogen (secondary N) is 1. The average Bonchev–Trinajstić information content (AvgIpc) is 3.09. The Kier molecular flexibility index (Phi) is 5.92. The Balaban J connectivity index is 1.65. The number of carbonyl (C=O) groups is 1. The van der Waals surface area contributed by atoms with Crippen LogP contribution in [0.1, 0.15) is 31.9 Å². The molecule has 0 bridgehead atoms. The summed E-state index contributed by atoms with van der Waals surface area (Å²) in [4.78, 5) is 16.6. The van der Waals surface area contributed by atoms with Gasteiger partial charge in [-0.3, -0.25) is 10.1 Å². The zero-order valence-electron chi connectivity index (χ0n) is 15.5. The largest absolute Gasteiger partial charge is 0.298 e. The van der Waals surface area contributed by atoms with Gasteiger partial charge in [-0.2, -0.15) is 0 Å². The fraction of sp³-hybridized carbons (Fsp3) is 0.182. The zero-order chi connectivity index (χ0) is 19.4. The van der Waals surface area contributed by atoms with Crippen molar-refractivity contribution >= 4 is 44.4 Å². The molecule has 138 valence electrons. The molecule has 0 aliphatic carbocycles. The Morgan fingerprint density at radius 3 is 2.37 bits per heavy atom. The van der Waals surface area contributed by atoms with Gasteiger partial charge in [0.05, 0.1) is 5.69 Å². The number of hydrogen-bond acceptors (Lipinski definition) is 3. The number of amides is 1. The van der Waals surface area contributed by atoms with Crippen LogP contribution < -0.4 is 5.32 Å². The lowest BCUT2D eigenvalue weighted by Gasteiger charge is -2.18. The molecule has 0 aliphatic rings. The van der Waals surface area contributed by atoms with Crippen LogP contribution in [0.5, 0.6) is 0 Å². The highest BCUT2D eigenvalue weighted by molar-refractivity contribution is 9.10. The Morgan fingerprint density at radius 1 is 1.07 bits per heavy atom. The van der Waals surface area contributed by atoms with Gasteiger partial charge in [-0.25, -0.2) is 4.98 Å². The van der Waals surface area contributed by atoms with Crippen LogP contribution in [0.4, 0.5) is 5.13 Å². The van der Waals surface area contributed by atoms with E-state index in [9.17, 15) is 4.79 Å². The van der Waals surface area contributed by atoms with E-state index in [1.54, 1.807) is 6.08 Å². The lowest BCUT2D eigenvalue weighted by molar-refractivity contribution is -0.111.